The van der Waals surface area contributed by atoms with E-state index in [1.54, 1.807) is 12.4 Å². The van der Waals surface area contributed by atoms with Crippen LogP contribution in [0.5, 0.6) is 0 Å². The Morgan fingerprint density at radius 1 is 1.22 bits per heavy atom. The maximum Gasteiger partial charge on any atom is 0.129 e. The van der Waals surface area contributed by atoms with Crippen molar-refractivity contribution in [1.29, 1.82) is 5.26 Å². The number of hydrogen-bond donors (Lipinski definition) is 1. The van der Waals surface area contributed by atoms with Crippen LogP contribution in [0.15, 0.2) is 59.3 Å². The molecule has 0 fully saturated rings. The van der Waals surface area contributed by atoms with Crippen LogP contribution in [0, 0.1) is 11.3 Å². The van der Waals surface area contributed by atoms with Crippen molar-refractivity contribution >= 4 is 27.3 Å². The molecule has 18 heavy (non-hydrogen) atoms. The maximum atomic E-state index is 9.12. The zero-order valence-electron chi connectivity index (χ0n) is 9.47. The third-order valence-corrected chi connectivity index (χ3v) is 2.77. The van der Waals surface area contributed by atoms with Crippen LogP contribution in [-0.4, -0.2) is 4.98 Å². The minimum atomic E-state index is 0.570. The highest BCUT2D eigenvalue weighted by Gasteiger charge is 1.99. The van der Waals surface area contributed by atoms with E-state index in [-0.39, 0.29) is 0 Å². The van der Waals surface area contributed by atoms with Crippen LogP contribution in [0.4, 0.5) is 5.82 Å². The van der Waals surface area contributed by atoms with E-state index in [0.717, 1.165) is 10.0 Å². The molecule has 1 heterocycles. The number of rotatable bonds is 3. The molecule has 88 valence electrons. The molecule has 0 spiro atoms. The Kier molecular flexibility index (Phi) is 4.11. The average molecular weight is 300 g/mol. The topological polar surface area (TPSA) is 48.7 Å². The van der Waals surface area contributed by atoms with Crippen molar-refractivity contribution in [2.45, 2.75) is 0 Å². The molecule has 0 aliphatic heterocycles. The molecule has 1 aromatic carbocycles. The smallest absolute Gasteiger partial charge is 0.129 e. The van der Waals surface area contributed by atoms with Gasteiger partial charge in [-0.2, -0.15) is 5.26 Å². The first-order valence-corrected chi connectivity index (χ1v) is 6.12. The van der Waals surface area contributed by atoms with Gasteiger partial charge in [0.2, 0.25) is 0 Å². The van der Waals surface area contributed by atoms with E-state index in [9.17, 15) is 0 Å². The predicted octanol–water partition coefficient (Wildman–Crippen LogP) is 3.82. The summed E-state index contributed by atoms with van der Waals surface area (Å²) in [5.74, 6) is 0.696. The van der Waals surface area contributed by atoms with Gasteiger partial charge in [0.05, 0.1) is 5.57 Å². The molecule has 1 aromatic heterocycles. The summed E-state index contributed by atoms with van der Waals surface area (Å²) in [6, 6.07) is 15.4. The van der Waals surface area contributed by atoms with E-state index in [4.69, 9.17) is 5.26 Å². The van der Waals surface area contributed by atoms with Crippen molar-refractivity contribution in [1.82, 2.24) is 4.98 Å². The highest BCUT2D eigenvalue weighted by atomic mass is 79.9. The number of nitriles is 1. The largest absolute Gasteiger partial charge is 0.345 e. The molecule has 0 atom stereocenters. The van der Waals surface area contributed by atoms with E-state index in [1.807, 2.05) is 42.5 Å². The van der Waals surface area contributed by atoms with Crippen LogP contribution >= 0.6 is 15.9 Å². The van der Waals surface area contributed by atoms with Gasteiger partial charge in [-0.1, -0.05) is 30.3 Å². The number of hydrogen-bond acceptors (Lipinski definition) is 3. The second-order valence-electron chi connectivity index (χ2n) is 3.54. The van der Waals surface area contributed by atoms with Crippen LogP contribution in [0.3, 0.4) is 0 Å². The molecule has 2 aromatic rings. The van der Waals surface area contributed by atoms with Gasteiger partial charge in [0.1, 0.15) is 11.9 Å². The fourth-order valence-corrected chi connectivity index (χ4v) is 1.64. The van der Waals surface area contributed by atoms with E-state index in [2.05, 4.69) is 32.3 Å². The Balaban J connectivity index is 2.17. The number of halogens is 1. The number of aromatic nitrogens is 1. The monoisotopic (exact) mass is 299 g/mol. The fourth-order valence-electron chi connectivity index (χ4n) is 1.41. The molecule has 0 amide bonds. The summed E-state index contributed by atoms with van der Waals surface area (Å²) < 4.78 is 0.917. The van der Waals surface area contributed by atoms with Crippen molar-refractivity contribution < 1.29 is 0 Å². The molecule has 0 aliphatic rings. The fraction of sp³-hybridized carbons (Fsp3) is 0. The summed E-state index contributed by atoms with van der Waals surface area (Å²) in [6.45, 7) is 0. The van der Waals surface area contributed by atoms with Crippen LogP contribution in [0.25, 0.3) is 5.57 Å². The summed E-state index contributed by atoms with van der Waals surface area (Å²) in [6.07, 6.45) is 3.36. The Hall–Kier alpha value is -2.12. The van der Waals surface area contributed by atoms with Gasteiger partial charge in [0, 0.05) is 16.9 Å². The van der Waals surface area contributed by atoms with Crippen LogP contribution in [0.2, 0.25) is 0 Å². The van der Waals surface area contributed by atoms with Crippen molar-refractivity contribution in [2.24, 2.45) is 0 Å². The Bertz CT molecular complexity index is 583. The second kappa shape index (κ2) is 5.99. The quantitative estimate of drug-likeness (QED) is 0.877. The highest BCUT2D eigenvalue weighted by molar-refractivity contribution is 9.10. The van der Waals surface area contributed by atoms with Crippen LogP contribution in [-0.2, 0) is 0 Å². The lowest BCUT2D eigenvalue weighted by Gasteiger charge is -2.02. The summed E-state index contributed by atoms with van der Waals surface area (Å²) in [5.41, 5.74) is 1.45. The Morgan fingerprint density at radius 2 is 2.00 bits per heavy atom. The van der Waals surface area contributed by atoms with Gasteiger partial charge >= 0.3 is 0 Å². The Labute approximate surface area is 114 Å². The lowest BCUT2D eigenvalue weighted by atomic mass is 10.1. The predicted molar refractivity (Wildman–Crippen MR) is 75.6 cm³/mol. The van der Waals surface area contributed by atoms with E-state index in [0.29, 0.717) is 11.4 Å². The number of anilines is 1. The van der Waals surface area contributed by atoms with Gasteiger partial charge in [0.15, 0.2) is 0 Å². The van der Waals surface area contributed by atoms with E-state index in [1.165, 1.54) is 0 Å². The lowest BCUT2D eigenvalue weighted by molar-refractivity contribution is 1.29. The average Bonchev–Trinajstić information content (AvgIpc) is 2.43. The van der Waals surface area contributed by atoms with Gasteiger partial charge in [-0.15, -0.1) is 0 Å². The second-order valence-corrected chi connectivity index (χ2v) is 4.46. The number of nitrogens with one attached hydrogen (secondary N) is 1. The molecule has 4 heteroatoms. The maximum absolute atomic E-state index is 9.12. The van der Waals surface area contributed by atoms with Crippen molar-refractivity contribution in [3.63, 3.8) is 0 Å². The zero-order valence-corrected chi connectivity index (χ0v) is 11.1. The highest BCUT2D eigenvalue weighted by Crippen LogP contribution is 2.14. The molecule has 0 saturated carbocycles. The van der Waals surface area contributed by atoms with E-state index < -0.39 is 0 Å². The van der Waals surface area contributed by atoms with Gasteiger partial charge in [-0.25, -0.2) is 4.98 Å². The molecule has 3 nitrogen and oxygen atoms in total. The van der Waals surface area contributed by atoms with Gasteiger partial charge in [-0.05, 0) is 33.6 Å². The number of pyridine rings is 1. The molecule has 0 aliphatic carbocycles. The van der Waals surface area contributed by atoms with Gasteiger partial charge in [0.25, 0.3) is 0 Å². The third kappa shape index (κ3) is 3.19. The van der Waals surface area contributed by atoms with Crippen molar-refractivity contribution in [3.05, 3.63) is 64.9 Å². The lowest BCUT2D eigenvalue weighted by Crippen LogP contribution is -1.93. The molecule has 1 N–H and O–H groups in total. The minimum Gasteiger partial charge on any atom is -0.345 e. The minimum absolute atomic E-state index is 0.570. The zero-order chi connectivity index (χ0) is 12.8. The first kappa shape index (κ1) is 12.3. The normalized spacial score (nSPS) is 10.8. The molecule has 2 rings (SSSR count). The van der Waals surface area contributed by atoms with Crippen molar-refractivity contribution in [2.75, 3.05) is 5.32 Å². The first-order chi connectivity index (χ1) is 8.79. The Morgan fingerprint density at radius 3 is 2.61 bits per heavy atom. The molecule has 0 unspecified atom stereocenters. The van der Waals surface area contributed by atoms with E-state index >= 15 is 0 Å². The standard InChI is InChI=1S/C14H10BrN3/c15-13-6-7-14(18-10-13)17-9-12(8-16)11-4-2-1-3-5-11/h1-7,9-10H,(H,17,18). The number of allylic oxidation sites excluding steroid dienone is 1. The summed E-state index contributed by atoms with van der Waals surface area (Å²) >= 11 is 3.32. The van der Waals surface area contributed by atoms with Crippen LogP contribution < -0.4 is 5.32 Å². The first-order valence-electron chi connectivity index (χ1n) is 5.33. The van der Waals surface area contributed by atoms with Crippen molar-refractivity contribution in [3.8, 4) is 6.07 Å². The summed E-state index contributed by atoms with van der Waals surface area (Å²) in [5, 5.41) is 12.1. The third-order valence-electron chi connectivity index (χ3n) is 2.30. The molecule has 0 radical (unpaired) electrons. The number of nitrogens with zero attached hydrogens (tertiary/aromatic N) is 2. The van der Waals surface area contributed by atoms with Gasteiger partial charge < -0.3 is 5.32 Å². The summed E-state index contributed by atoms with van der Waals surface area (Å²) in [4.78, 5) is 4.17. The molecule has 0 saturated heterocycles. The van der Waals surface area contributed by atoms with Crippen LogP contribution in [0.1, 0.15) is 5.56 Å². The van der Waals surface area contributed by atoms with Gasteiger partial charge in [-0.3, -0.25) is 0 Å². The molecule has 0 bridgehead atoms. The molecular formula is C14H10BrN3. The molecular weight excluding hydrogens is 290 g/mol. The number of benzene rings is 1. The SMILES string of the molecule is N#CC(=CNc1ccc(Br)cn1)c1ccccc1. The summed E-state index contributed by atoms with van der Waals surface area (Å²) in [7, 11) is 0.